The number of benzene rings is 2. The monoisotopic (exact) mass is 648 g/mol. The van der Waals surface area contributed by atoms with Crippen LogP contribution in [-0.4, -0.2) is 75.7 Å². The van der Waals surface area contributed by atoms with E-state index in [2.05, 4.69) is 26.6 Å². The van der Waals surface area contributed by atoms with Crippen molar-refractivity contribution in [2.24, 2.45) is 0 Å². The molecule has 12 nitrogen and oxygen atoms in total. The summed E-state index contributed by atoms with van der Waals surface area (Å²) in [6, 6.07) is 15.7. The molecule has 244 valence electrons. The van der Waals surface area contributed by atoms with Gasteiger partial charge in [0.15, 0.2) is 5.65 Å². The van der Waals surface area contributed by atoms with Crippen molar-refractivity contribution < 1.29 is 37.1 Å². The Hall–Kier alpha value is -5.75. The van der Waals surface area contributed by atoms with Crippen molar-refractivity contribution in [2.75, 3.05) is 39.6 Å². The first-order valence-corrected chi connectivity index (χ1v) is 14.2. The largest absolute Gasteiger partial charge is 0.554 e. The molecule has 0 unspecified atom stereocenters. The summed E-state index contributed by atoms with van der Waals surface area (Å²) in [5, 5.41) is 28.8. The van der Waals surface area contributed by atoms with Crippen LogP contribution in [0.1, 0.15) is 23.1 Å². The van der Waals surface area contributed by atoms with E-state index in [1.165, 1.54) is 10.6 Å². The maximum Gasteiger partial charge on any atom is 0.416 e. The summed E-state index contributed by atoms with van der Waals surface area (Å²) in [6.45, 7) is 2.29. The maximum atomic E-state index is 13.7. The molecule has 0 aliphatic rings. The van der Waals surface area contributed by atoms with Crippen LogP contribution in [0.3, 0.4) is 0 Å². The number of pyridine rings is 1. The van der Waals surface area contributed by atoms with Crippen LogP contribution in [0.4, 0.5) is 23.9 Å². The molecular formula is C32H31F3N8O4. The zero-order valence-electron chi connectivity index (χ0n) is 25.9. The minimum atomic E-state index is -4.55. The number of fused-ring (bicyclic) bond motifs is 1. The zero-order valence-corrected chi connectivity index (χ0v) is 25.9. The van der Waals surface area contributed by atoms with Crippen LogP contribution in [0.2, 0.25) is 0 Å². The fourth-order valence-electron chi connectivity index (χ4n) is 4.83. The average molecular weight is 649 g/mol. The highest BCUT2D eigenvalue weighted by atomic mass is 19.4. The third-order valence-corrected chi connectivity index (χ3v) is 6.94. The predicted octanol–water partition coefficient (Wildman–Crippen LogP) is 4.46. The summed E-state index contributed by atoms with van der Waals surface area (Å²) in [4.78, 5) is 25.2. The number of quaternary nitrogens is 1. The van der Waals surface area contributed by atoms with Crippen LogP contribution >= 0.6 is 0 Å². The number of aromatic nitrogens is 5. The zero-order chi connectivity index (χ0) is 34.4. The summed E-state index contributed by atoms with van der Waals surface area (Å²) in [7, 11) is 6.11. The number of nitrogens with one attached hydrogen (secondary N) is 1. The minimum Gasteiger partial charge on any atom is -0.554 e. The van der Waals surface area contributed by atoms with E-state index >= 15 is 0 Å². The lowest BCUT2D eigenvalue weighted by atomic mass is 9.95. The number of anilines is 1. The molecule has 15 heteroatoms. The van der Waals surface area contributed by atoms with E-state index in [1.54, 1.807) is 60.4 Å². The third-order valence-electron chi connectivity index (χ3n) is 6.94. The molecule has 1 N–H and O–H groups in total. The topological polar surface area (TPSA) is 150 Å². The molecule has 0 saturated heterocycles. The second-order valence-corrected chi connectivity index (χ2v) is 11.3. The molecule has 0 spiro atoms. The smallest absolute Gasteiger partial charge is 0.416 e. The molecule has 5 rings (SSSR count). The first kappa shape index (κ1) is 34.1. The van der Waals surface area contributed by atoms with Gasteiger partial charge in [-0.25, -0.2) is 14.0 Å². The van der Waals surface area contributed by atoms with Crippen LogP contribution in [0.25, 0.3) is 33.7 Å². The second kappa shape index (κ2) is 14.1. The molecule has 0 aliphatic heterocycles. The van der Waals surface area contributed by atoms with E-state index in [0.29, 0.717) is 40.1 Å². The Bertz CT molecular complexity index is 1920. The van der Waals surface area contributed by atoms with Crippen LogP contribution in [0.15, 0.2) is 67.0 Å². The number of hydrogen-bond donors (Lipinski definition) is 1. The SMILES string of the molecule is Cc1c(-c2ccnn2-c2ccc(C#N)cc2)cn2nc(NC(=O)OCCC[N+](C)(C)C)nc2c1-c1cccc(C(F)(F)F)c1.O=C[O-]. The van der Waals surface area contributed by atoms with E-state index in [-0.39, 0.29) is 23.8 Å². The fourth-order valence-corrected chi connectivity index (χ4v) is 4.83. The van der Waals surface area contributed by atoms with Gasteiger partial charge in [0.1, 0.15) is 0 Å². The summed E-state index contributed by atoms with van der Waals surface area (Å²) < 4.78 is 50.2. The van der Waals surface area contributed by atoms with Gasteiger partial charge in [0.25, 0.3) is 5.95 Å². The summed E-state index contributed by atoms with van der Waals surface area (Å²) in [6.07, 6.45) is -1.35. The molecule has 0 atom stereocenters. The third kappa shape index (κ3) is 8.30. The van der Waals surface area contributed by atoms with Gasteiger partial charge in [-0.05, 0) is 60.5 Å². The van der Waals surface area contributed by atoms with Crippen molar-refractivity contribution in [3.63, 3.8) is 0 Å². The summed E-state index contributed by atoms with van der Waals surface area (Å²) in [5.41, 5.74) is 3.14. The molecule has 0 fully saturated rings. The van der Waals surface area contributed by atoms with Crippen LogP contribution in [0.5, 0.6) is 0 Å². The Morgan fingerprint density at radius 1 is 1.15 bits per heavy atom. The molecule has 2 aromatic carbocycles. The van der Waals surface area contributed by atoms with Crippen molar-refractivity contribution in [1.29, 1.82) is 5.26 Å². The lowest BCUT2D eigenvalue weighted by Crippen LogP contribution is -2.36. The molecule has 0 aliphatic carbocycles. The lowest BCUT2D eigenvalue weighted by Gasteiger charge is -2.23. The van der Waals surface area contributed by atoms with Crippen molar-refractivity contribution in [2.45, 2.75) is 19.5 Å². The highest BCUT2D eigenvalue weighted by Gasteiger charge is 2.31. The standard InChI is InChI=1S/C31H29F3N8O2.CH2O2/c1-20-25(26-13-14-36-41(26)24-11-9-21(18-35)10-12-24)19-40-28(27(20)22-7-5-8-23(17-22)31(32,33)34)37-29(39-40)38-30(43)44-16-6-15-42(2,3)4;2-1-3/h5,7-14,17,19H,6,15-16H2,1-4H3;1H,(H,2,3). The number of nitrogens with zero attached hydrogens (tertiary/aromatic N) is 7. The Labute approximate surface area is 267 Å². The van der Waals surface area contributed by atoms with Crippen molar-refractivity contribution >= 4 is 24.2 Å². The average Bonchev–Trinajstić information content (AvgIpc) is 3.65. The van der Waals surface area contributed by atoms with E-state index in [0.717, 1.165) is 23.2 Å². The molecule has 0 radical (unpaired) electrons. The number of halogens is 3. The highest BCUT2D eigenvalue weighted by molar-refractivity contribution is 5.88. The Morgan fingerprint density at radius 2 is 1.85 bits per heavy atom. The van der Waals surface area contributed by atoms with Crippen molar-refractivity contribution in [3.05, 3.63) is 83.7 Å². The number of nitriles is 1. The van der Waals surface area contributed by atoms with E-state index in [1.807, 2.05) is 21.1 Å². The molecule has 1 amide bonds. The van der Waals surface area contributed by atoms with Gasteiger partial charge in [0.05, 0.1) is 69.1 Å². The Kier molecular flexibility index (Phi) is 10.3. The molecule has 5 aromatic rings. The van der Waals surface area contributed by atoms with Gasteiger partial charge in [-0.1, -0.05) is 12.1 Å². The van der Waals surface area contributed by atoms with E-state index in [9.17, 15) is 23.2 Å². The molecule has 47 heavy (non-hydrogen) atoms. The summed E-state index contributed by atoms with van der Waals surface area (Å²) in [5.74, 6) is -0.0630. The molecule has 3 heterocycles. The Morgan fingerprint density at radius 3 is 2.49 bits per heavy atom. The second-order valence-electron chi connectivity index (χ2n) is 11.3. The fraction of sp³-hybridized carbons (Fsp3) is 0.250. The number of ether oxygens (including phenoxy) is 1. The lowest BCUT2D eigenvalue weighted by molar-refractivity contribution is -0.870. The molecule has 0 saturated carbocycles. The number of rotatable bonds is 8. The number of carboxylic acid groups (broad SMARTS) is 1. The molecule has 0 bridgehead atoms. The van der Waals surface area contributed by atoms with Crippen LogP contribution in [0, 0.1) is 18.3 Å². The maximum absolute atomic E-state index is 13.7. The first-order chi connectivity index (χ1) is 22.2. The van der Waals surface area contributed by atoms with Crippen LogP contribution in [-0.2, 0) is 15.7 Å². The van der Waals surface area contributed by atoms with E-state index in [4.69, 9.17) is 14.6 Å². The predicted molar refractivity (Wildman–Crippen MR) is 164 cm³/mol. The van der Waals surface area contributed by atoms with Gasteiger partial charge in [-0.3, -0.25) is 5.32 Å². The van der Waals surface area contributed by atoms with E-state index < -0.39 is 24.3 Å². The van der Waals surface area contributed by atoms with Gasteiger partial charge in [-0.2, -0.15) is 28.5 Å². The summed E-state index contributed by atoms with van der Waals surface area (Å²) >= 11 is 0. The quantitative estimate of drug-likeness (QED) is 0.147. The Balaban J connectivity index is 0.00000160. The molecule has 3 aromatic heterocycles. The highest BCUT2D eigenvalue weighted by Crippen LogP contribution is 2.38. The van der Waals surface area contributed by atoms with Gasteiger partial charge in [0.2, 0.25) is 0 Å². The van der Waals surface area contributed by atoms with Crippen molar-refractivity contribution in [1.82, 2.24) is 24.4 Å². The number of amides is 1. The van der Waals surface area contributed by atoms with Gasteiger partial charge in [0, 0.05) is 30.2 Å². The number of hydrogen-bond acceptors (Lipinski definition) is 8. The normalized spacial score (nSPS) is 11.4. The van der Waals surface area contributed by atoms with Crippen molar-refractivity contribution in [3.8, 4) is 34.1 Å². The number of alkyl halides is 3. The van der Waals surface area contributed by atoms with Gasteiger partial charge in [-0.15, -0.1) is 5.10 Å². The number of carbonyl (C=O) groups is 2. The molecular weight excluding hydrogens is 617 g/mol. The number of carbonyl (C=O) groups excluding carboxylic acids is 2. The minimum absolute atomic E-state index is 0.0630. The van der Waals surface area contributed by atoms with Gasteiger partial charge >= 0.3 is 12.3 Å². The van der Waals surface area contributed by atoms with Gasteiger partial charge < -0.3 is 19.1 Å². The van der Waals surface area contributed by atoms with Crippen LogP contribution < -0.4 is 10.4 Å². The first-order valence-electron chi connectivity index (χ1n) is 14.2.